The standard InChI is InChI=1S/C17H30O/c1-5-17-11-7-13-15(2,3)9-6-10-16(13,4)14(17)8-12-18-17/h13-14H,5-12H2,1-4H3/t13-,14+,16-,17+/m1/s1. The van der Waals surface area contributed by atoms with E-state index >= 15 is 0 Å². The molecule has 1 saturated heterocycles. The number of rotatable bonds is 1. The molecule has 2 aliphatic carbocycles. The van der Waals surface area contributed by atoms with Crippen molar-refractivity contribution in [2.75, 3.05) is 6.61 Å². The summed E-state index contributed by atoms with van der Waals surface area (Å²) in [6, 6.07) is 0. The second-order valence-corrected chi connectivity index (χ2v) is 8.05. The average Bonchev–Trinajstić information content (AvgIpc) is 2.73. The maximum atomic E-state index is 6.28. The predicted molar refractivity (Wildman–Crippen MR) is 75.5 cm³/mol. The molecular formula is C17H30O. The van der Waals surface area contributed by atoms with Crippen LogP contribution in [0.3, 0.4) is 0 Å². The van der Waals surface area contributed by atoms with Crippen LogP contribution in [0.5, 0.6) is 0 Å². The molecule has 3 aliphatic rings. The summed E-state index contributed by atoms with van der Waals surface area (Å²) in [5.74, 6) is 1.75. The van der Waals surface area contributed by atoms with Crippen molar-refractivity contribution >= 4 is 0 Å². The Bertz CT molecular complexity index is 335. The molecule has 0 radical (unpaired) electrons. The third-order valence-corrected chi connectivity index (χ3v) is 6.96. The van der Waals surface area contributed by atoms with Gasteiger partial charge in [0.2, 0.25) is 0 Å². The van der Waals surface area contributed by atoms with Gasteiger partial charge in [-0.3, -0.25) is 0 Å². The first-order valence-corrected chi connectivity index (χ1v) is 8.09. The first-order valence-electron chi connectivity index (χ1n) is 8.09. The van der Waals surface area contributed by atoms with Gasteiger partial charge >= 0.3 is 0 Å². The van der Waals surface area contributed by atoms with Gasteiger partial charge in [0, 0.05) is 6.61 Å². The van der Waals surface area contributed by atoms with E-state index in [0.717, 1.165) is 18.4 Å². The van der Waals surface area contributed by atoms with Crippen molar-refractivity contribution in [3.63, 3.8) is 0 Å². The van der Waals surface area contributed by atoms with Gasteiger partial charge in [-0.15, -0.1) is 0 Å². The van der Waals surface area contributed by atoms with E-state index in [1.165, 1.54) is 44.9 Å². The van der Waals surface area contributed by atoms with Gasteiger partial charge in [0.05, 0.1) is 5.60 Å². The molecule has 1 nitrogen and oxygen atoms in total. The molecule has 1 heterocycles. The van der Waals surface area contributed by atoms with Gasteiger partial charge in [0.15, 0.2) is 0 Å². The minimum Gasteiger partial charge on any atom is -0.375 e. The number of fused-ring (bicyclic) bond motifs is 3. The maximum absolute atomic E-state index is 6.28. The van der Waals surface area contributed by atoms with Crippen LogP contribution in [0.2, 0.25) is 0 Å². The number of ether oxygens (including phenoxy) is 1. The van der Waals surface area contributed by atoms with E-state index < -0.39 is 0 Å². The summed E-state index contributed by atoms with van der Waals surface area (Å²) in [5.41, 5.74) is 1.35. The Balaban J connectivity index is 1.98. The summed E-state index contributed by atoms with van der Waals surface area (Å²) in [4.78, 5) is 0. The number of hydrogen-bond acceptors (Lipinski definition) is 1. The Morgan fingerprint density at radius 1 is 1.00 bits per heavy atom. The fourth-order valence-electron chi connectivity index (χ4n) is 6.14. The van der Waals surface area contributed by atoms with Crippen LogP contribution in [0.15, 0.2) is 0 Å². The molecule has 3 fully saturated rings. The average molecular weight is 250 g/mol. The number of hydrogen-bond donors (Lipinski definition) is 0. The summed E-state index contributed by atoms with van der Waals surface area (Å²) >= 11 is 0. The second kappa shape index (κ2) is 3.98. The quantitative estimate of drug-likeness (QED) is 0.649. The molecule has 1 heteroatoms. The van der Waals surface area contributed by atoms with Gasteiger partial charge in [-0.2, -0.15) is 0 Å². The minimum absolute atomic E-state index is 0.249. The molecule has 0 aromatic carbocycles. The molecule has 3 rings (SSSR count). The van der Waals surface area contributed by atoms with Crippen molar-refractivity contribution in [1.29, 1.82) is 0 Å². The SMILES string of the molecule is CC[C@]12CC[C@@H]3C(C)(C)CCC[C@@]3(C)[C@@H]1CCO2. The molecular weight excluding hydrogens is 220 g/mol. The van der Waals surface area contributed by atoms with Crippen LogP contribution < -0.4 is 0 Å². The highest BCUT2D eigenvalue weighted by molar-refractivity contribution is 5.10. The lowest BCUT2D eigenvalue weighted by Crippen LogP contribution is -2.56. The molecule has 0 aromatic rings. The molecule has 104 valence electrons. The van der Waals surface area contributed by atoms with E-state index in [1.807, 2.05) is 0 Å². The van der Waals surface area contributed by atoms with Crippen LogP contribution in [-0.4, -0.2) is 12.2 Å². The summed E-state index contributed by atoms with van der Waals surface area (Å²) in [7, 11) is 0. The highest BCUT2D eigenvalue weighted by atomic mass is 16.5. The smallest absolute Gasteiger partial charge is 0.0714 e. The minimum atomic E-state index is 0.249. The topological polar surface area (TPSA) is 9.23 Å². The van der Waals surface area contributed by atoms with Crippen molar-refractivity contribution < 1.29 is 4.74 Å². The summed E-state index contributed by atoms with van der Waals surface area (Å²) < 4.78 is 6.28. The fourth-order valence-corrected chi connectivity index (χ4v) is 6.14. The Kier molecular flexibility index (Phi) is 2.86. The third-order valence-electron chi connectivity index (χ3n) is 6.96. The highest BCUT2D eigenvalue weighted by Crippen LogP contribution is 2.65. The Labute approximate surface area is 113 Å². The normalized spacial score (nSPS) is 50.7. The Morgan fingerprint density at radius 2 is 1.78 bits per heavy atom. The van der Waals surface area contributed by atoms with Gasteiger partial charge in [-0.1, -0.05) is 34.1 Å². The highest BCUT2D eigenvalue weighted by Gasteiger charge is 2.61. The zero-order valence-electron chi connectivity index (χ0n) is 12.7. The van der Waals surface area contributed by atoms with Crippen molar-refractivity contribution in [1.82, 2.24) is 0 Å². The van der Waals surface area contributed by atoms with Gasteiger partial charge < -0.3 is 4.74 Å². The van der Waals surface area contributed by atoms with E-state index in [1.54, 1.807) is 0 Å². The van der Waals surface area contributed by atoms with Crippen molar-refractivity contribution in [3.8, 4) is 0 Å². The Hall–Kier alpha value is -0.0400. The molecule has 0 spiro atoms. The van der Waals surface area contributed by atoms with Crippen LogP contribution >= 0.6 is 0 Å². The zero-order valence-corrected chi connectivity index (χ0v) is 12.7. The van der Waals surface area contributed by atoms with Crippen molar-refractivity contribution in [3.05, 3.63) is 0 Å². The lowest BCUT2D eigenvalue weighted by molar-refractivity contribution is -0.156. The molecule has 4 atom stereocenters. The molecule has 0 N–H and O–H groups in total. The van der Waals surface area contributed by atoms with Crippen LogP contribution in [0.25, 0.3) is 0 Å². The molecule has 0 bridgehead atoms. The van der Waals surface area contributed by atoms with Crippen molar-refractivity contribution in [2.45, 2.75) is 78.2 Å². The van der Waals surface area contributed by atoms with Crippen LogP contribution in [-0.2, 0) is 4.74 Å². The molecule has 0 unspecified atom stereocenters. The monoisotopic (exact) mass is 250 g/mol. The summed E-state index contributed by atoms with van der Waals surface area (Å²) in [6.45, 7) is 11.0. The van der Waals surface area contributed by atoms with E-state index in [0.29, 0.717) is 10.8 Å². The Morgan fingerprint density at radius 3 is 2.50 bits per heavy atom. The predicted octanol–water partition coefficient (Wildman–Crippen LogP) is 4.80. The largest absolute Gasteiger partial charge is 0.375 e. The first kappa shape index (κ1) is 13.0. The lowest BCUT2D eigenvalue weighted by Gasteiger charge is -2.60. The van der Waals surface area contributed by atoms with Gasteiger partial charge in [0.25, 0.3) is 0 Å². The van der Waals surface area contributed by atoms with E-state index in [-0.39, 0.29) is 5.60 Å². The van der Waals surface area contributed by atoms with Crippen LogP contribution in [0, 0.1) is 22.7 Å². The van der Waals surface area contributed by atoms with E-state index in [9.17, 15) is 0 Å². The molecule has 1 aliphatic heterocycles. The van der Waals surface area contributed by atoms with Gasteiger partial charge in [-0.25, -0.2) is 0 Å². The molecule has 18 heavy (non-hydrogen) atoms. The third kappa shape index (κ3) is 1.55. The second-order valence-electron chi connectivity index (χ2n) is 8.05. The van der Waals surface area contributed by atoms with Crippen molar-refractivity contribution in [2.24, 2.45) is 22.7 Å². The van der Waals surface area contributed by atoms with Gasteiger partial charge in [-0.05, 0) is 61.2 Å². The first-order chi connectivity index (χ1) is 8.45. The van der Waals surface area contributed by atoms with Crippen LogP contribution in [0.4, 0.5) is 0 Å². The van der Waals surface area contributed by atoms with E-state index in [2.05, 4.69) is 27.7 Å². The van der Waals surface area contributed by atoms with E-state index in [4.69, 9.17) is 4.74 Å². The molecule has 0 aromatic heterocycles. The van der Waals surface area contributed by atoms with Gasteiger partial charge in [0.1, 0.15) is 0 Å². The fraction of sp³-hybridized carbons (Fsp3) is 1.00. The summed E-state index contributed by atoms with van der Waals surface area (Å²) in [6.07, 6.45) is 9.55. The lowest BCUT2D eigenvalue weighted by atomic mass is 9.45. The molecule has 2 saturated carbocycles. The molecule has 0 amide bonds. The zero-order chi connectivity index (χ0) is 13.0. The summed E-state index contributed by atoms with van der Waals surface area (Å²) in [5, 5.41) is 0. The van der Waals surface area contributed by atoms with Crippen LogP contribution in [0.1, 0.15) is 72.6 Å². The maximum Gasteiger partial charge on any atom is 0.0714 e.